The molecule has 1 saturated carbocycles. The number of pyridine rings is 1. The van der Waals surface area contributed by atoms with Gasteiger partial charge < -0.3 is 14.4 Å². The fourth-order valence-corrected chi connectivity index (χ4v) is 4.42. The highest BCUT2D eigenvalue weighted by Crippen LogP contribution is 2.33. The van der Waals surface area contributed by atoms with Crippen LogP contribution in [0.2, 0.25) is 0 Å². The molecule has 1 aliphatic carbocycles. The molecular weight excluding hydrogens is 314 g/mol. The van der Waals surface area contributed by atoms with Crippen LogP contribution >= 0.6 is 0 Å². The fourth-order valence-electron chi connectivity index (χ4n) is 4.42. The highest BCUT2D eigenvalue weighted by Gasteiger charge is 2.29. The molecule has 5 nitrogen and oxygen atoms in total. The molecule has 4 rings (SSSR count). The summed E-state index contributed by atoms with van der Waals surface area (Å²) in [5.41, 5.74) is 1.50. The van der Waals surface area contributed by atoms with Crippen molar-refractivity contribution in [1.29, 1.82) is 0 Å². The lowest BCUT2D eigenvalue weighted by Gasteiger charge is -2.31. The minimum atomic E-state index is 0.0175. The molecule has 2 aliphatic rings. The standard InChI is InChI=1S/C20H27N3O2/c24-14-15-7-6-11-22(13-15)20(25)18-17-10-4-5-12-23(17)19(21-18)16-8-2-1-3-9-16/h4-5,10,12,15-16,24H,1-3,6-9,11,13-14H2. The predicted molar refractivity (Wildman–Crippen MR) is 96.7 cm³/mol. The van der Waals surface area contributed by atoms with Crippen LogP contribution in [0.25, 0.3) is 5.52 Å². The van der Waals surface area contributed by atoms with Crippen LogP contribution in [0.15, 0.2) is 24.4 Å². The SMILES string of the molecule is O=C(c1nc(C2CCCCC2)n2ccccc12)N1CCCC(CO)C1. The Labute approximate surface area is 148 Å². The molecule has 0 bridgehead atoms. The number of amides is 1. The number of aliphatic hydroxyl groups excluding tert-OH is 1. The number of hydrogen-bond donors (Lipinski definition) is 1. The van der Waals surface area contributed by atoms with Gasteiger partial charge in [0.05, 0.1) is 5.52 Å². The molecule has 0 aromatic carbocycles. The summed E-state index contributed by atoms with van der Waals surface area (Å²) < 4.78 is 2.12. The van der Waals surface area contributed by atoms with Gasteiger partial charge in [0.15, 0.2) is 5.69 Å². The molecule has 5 heteroatoms. The third kappa shape index (κ3) is 3.17. The van der Waals surface area contributed by atoms with Crippen LogP contribution in [0.4, 0.5) is 0 Å². The Morgan fingerprint density at radius 2 is 2.00 bits per heavy atom. The maximum Gasteiger partial charge on any atom is 0.274 e. The maximum atomic E-state index is 13.1. The second-order valence-corrected chi connectivity index (χ2v) is 7.55. The number of rotatable bonds is 3. The summed E-state index contributed by atoms with van der Waals surface area (Å²) in [4.78, 5) is 19.9. The number of piperidine rings is 1. The lowest BCUT2D eigenvalue weighted by Crippen LogP contribution is -2.41. The minimum Gasteiger partial charge on any atom is -0.396 e. The first-order valence-electron chi connectivity index (χ1n) is 9.65. The molecule has 1 atom stereocenters. The van der Waals surface area contributed by atoms with E-state index in [1.165, 1.54) is 19.3 Å². The Hall–Kier alpha value is -1.88. The van der Waals surface area contributed by atoms with Crippen molar-refractivity contribution < 1.29 is 9.90 Å². The number of aliphatic hydroxyl groups is 1. The molecular formula is C20H27N3O2. The molecule has 1 aliphatic heterocycles. The van der Waals surface area contributed by atoms with E-state index in [4.69, 9.17) is 4.98 Å². The summed E-state index contributed by atoms with van der Waals surface area (Å²) >= 11 is 0. The van der Waals surface area contributed by atoms with Gasteiger partial charge in [0, 0.05) is 31.8 Å². The number of nitrogens with zero attached hydrogens (tertiary/aromatic N) is 3. The summed E-state index contributed by atoms with van der Waals surface area (Å²) in [5.74, 6) is 1.72. The van der Waals surface area contributed by atoms with Gasteiger partial charge in [0.1, 0.15) is 5.82 Å². The quantitative estimate of drug-likeness (QED) is 0.932. The summed E-state index contributed by atoms with van der Waals surface area (Å²) in [7, 11) is 0. The van der Waals surface area contributed by atoms with Crippen LogP contribution < -0.4 is 0 Å². The van der Waals surface area contributed by atoms with E-state index in [2.05, 4.69) is 4.40 Å². The van der Waals surface area contributed by atoms with Crippen molar-refractivity contribution in [1.82, 2.24) is 14.3 Å². The average Bonchev–Trinajstić information content (AvgIpc) is 3.08. The van der Waals surface area contributed by atoms with Crippen molar-refractivity contribution in [3.63, 3.8) is 0 Å². The van der Waals surface area contributed by atoms with Gasteiger partial charge >= 0.3 is 0 Å². The number of carbonyl (C=O) groups is 1. The maximum absolute atomic E-state index is 13.1. The molecule has 0 radical (unpaired) electrons. The zero-order valence-corrected chi connectivity index (χ0v) is 14.7. The summed E-state index contributed by atoms with van der Waals surface area (Å²) in [5, 5.41) is 9.45. The Kier molecular flexibility index (Phi) is 4.75. The molecule has 2 aromatic rings. The molecule has 1 saturated heterocycles. The second kappa shape index (κ2) is 7.16. The molecule has 134 valence electrons. The highest BCUT2D eigenvalue weighted by atomic mass is 16.3. The minimum absolute atomic E-state index is 0.0175. The topological polar surface area (TPSA) is 57.8 Å². The van der Waals surface area contributed by atoms with E-state index in [0.717, 1.165) is 43.6 Å². The van der Waals surface area contributed by atoms with Gasteiger partial charge in [0.2, 0.25) is 0 Å². The molecule has 3 heterocycles. The van der Waals surface area contributed by atoms with Gasteiger partial charge in [-0.3, -0.25) is 4.79 Å². The van der Waals surface area contributed by atoms with E-state index in [1.807, 2.05) is 29.3 Å². The van der Waals surface area contributed by atoms with Crippen molar-refractivity contribution in [2.75, 3.05) is 19.7 Å². The van der Waals surface area contributed by atoms with Crippen LogP contribution in [-0.2, 0) is 0 Å². The van der Waals surface area contributed by atoms with Crippen molar-refractivity contribution in [3.8, 4) is 0 Å². The molecule has 1 N–H and O–H groups in total. The van der Waals surface area contributed by atoms with Crippen molar-refractivity contribution >= 4 is 11.4 Å². The van der Waals surface area contributed by atoms with E-state index >= 15 is 0 Å². The van der Waals surface area contributed by atoms with Gasteiger partial charge in [0.25, 0.3) is 5.91 Å². The average molecular weight is 341 g/mol. The number of aromatic nitrogens is 2. The smallest absolute Gasteiger partial charge is 0.274 e. The second-order valence-electron chi connectivity index (χ2n) is 7.55. The van der Waals surface area contributed by atoms with Gasteiger partial charge in [-0.15, -0.1) is 0 Å². The van der Waals surface area contributed by atoms with E-state index in [0.29, 0.717) is 18.2 Å². The monoisotopic (exact) mass is 341 g/mol. The number of fused-ring (bicyclic) bond motifs is 1. The zero-order chi connectivity index (χ0) is 17.2. The third-order valence-electron chi connectivity index (χ3n) is 5.81. The van der Waals surface area contributed by atoms with Crippen LogP contribution in [0, 0.1) is 5.92 Å². The van der Waals surface area contributed by atoms with Crippen LogP contribution in [-0.4, -0.2) is 45.0 Å². The zero-order valence-electron chi connectivity index (χ0n) is 14.7. The van der Waals surface area contributed by atoms with Crippen molar-refractivity contribution in [2.45, 2.75) is 50.9 Å². The van der Waals surface area contributed by atoms with E-state index in [-0.39, 0.29) is 18.4 Å². The Balaban J connectivity index is 1.68. The van der Waals surface area contributed by atoms with Crippen molar-refractivity contribution in [2.24, 2.45) is 5.92 Å². The van der Waals surface area contributed by atoms with Crippen LogP contribution in [0.1, 0.15) is 67.2 Å². The van der Waals surface area contributed by atoms with E-state index in [9.17, 15) is 9.90 Å². The summed E-state index contributed by atoms with van der Waals surface area (Å²) in [6.07, 6.45) is 10.1. The fraction of sp³-hybridized carbons (Fsp3) is 0.600. The first-order chi connectivity index (χ1) is 12.3. The predicted octanol–water partition coefficient (Wildman–Crippen LogP) is 3.23. The molecule has 1 unspecified atom stereocenters. The lowest BCUT2D eigenvalue weighted by atomic mass is 9.89. The van der Waals surface area contributed by atoms with Gasteiger partial charge in [-0.2, -0.15) is 0 Å². The first kappa shape index (κ1) is 16.6. The van der Waals surface area contributed by atoms with Crippen LogP contribution in [0.3, 0.4) is 0 Å². The van der Waals surface area contributed by atoms with Gasteiger partial charge in [-0.1, -0.05) is 25.3 Å². The highest BCUT2D eigenvalue weighted by molar-refractivity contribution is 5.99. The largest absolute Gasteiger partial charge is 0.396 e. The van der Waals surface area contributed by atoms with Gasteiger partial charge in [-0.05, 0) is 43.7 Å². The Morgan fingerprint density at radius 3 is 2.80 bits per heavy atom. The molecule has 2 fully saturated rings. The number of imidazole rings is 1. The summed E-state index contributed by atoms with van der Waals surface area (Å²) in [6, 6.07) is 5.99. The normalized spacial score (nSPS) is 22.4. The van der Waals surface area contributed by atoms with E-state index < -0.39 is 0 Å². The van der Waals surface area contributed by atoms with Crippen LogP contribution in [0.5, 0.6) is 0 Å². The van der Waals surface area contributed by atoms with Crippen molar-refractivity contribution in [3.05, 3.63) is 35.9 Å². The number of likely N-dealkylation sites (tertiary alicyclic amines) is 1. The molecule has 0 spiro atoms. The van der Waals surface area contributed by atoms with Gasteiger partial charge in [-0.25, -0.2) is 4.98 Å². The molecule has 1 amide bonds. The number of hydrogen-bond acceptors (Lipinski definition) is 3. The lowest BCUT2D eigenvalue weighted by molar-refractivity contribution is 0.0617. The molecule has 25 heavy (non-hydrogen) atoms. The number of carbonyl (C=O) groups excluding carboxylic acids is 1. The molecule has 2 aromatic heterocycles. The Bertz CT molecular complexity index is 748. The van der Waals surface area contributed by atoms with E-state index in [1.54, 1.807) is 0 Å². The Morgan fingerprint density at radius 1 is 1.16 bits per heavy atom. The third-order valence-corrected chi connectivity index (χ3v) is 5.81. The first-order valence-corrected chi connectivity index (χ1v) is 9.65. The summed E-state index contributed by atoms with van der Waals surface area (Å²) in [6.45, 7) is 1.56.